The number of rotatable bonds is 5. The first-order valence-corrected chi connectivity index (χ1v) is 7.31. The SMILES string of the molecule is CCC(CC)(c1ccccc1)C(N)c1ccc(F)c(F)c1. The van der Waals surface area contributed by atoms with Crippen LogP contribution in [0.5, 0.6) is 0 Å². The van der Waals surface area contributed by atoms with Gasteiger partial charge in [0.1, 0.15) is 0 Å². The summed E-state index contributed by atoms with van der Waals surface area (Å²) in [5.41, 5.74) is 7.93. The van der Waals surface area contributed by atoms with Crippen LogP contribution in [0.2, 0.25) is 0 Å². The van der Waals surface area contributed by atoms with Crippen molar-refractivity contribution in [2.24, 2.45) is 5.73 Å². The first-order chi connectivity index (χ1) is 10.0. The van der Waals surface area contributed by atoms with E-state index in [1.54, 1.807) is 6.07 Å². The highest BCUT2D eigenvalue weighted by molar-refractivity contribution is 5.33. The van der Waals surface area contributed by atoms with E-state index >= 15 is 0 Å². The van der Waals surface area contributed by atoms with Crippen molar-refractivity contribution in [1.29, 1.82) is 0 Å². The Bertz CT molecular complexity index is 591. The Labute approximate surface area is 124 Å². The van der Waals surface area contributed by atoms with Gasteiger partial charge in [-0.3, -0.25) is 0 Å². The van der Waals surface area contributed by atoms with Crippen LogP contribution in [-0.2, 0) is 5.41 Å². The van der Waals surface area contributed by atoms with Crippen molar-refractivity contribution < 1.29 is 8.78 Å². The second-order valence-corrected chi connectivity index (χ2v) is 5.38. The molecule has 0 amide bonds. The number of hydrogen-bond donors (Lipinski definition) is 1. The van der Waals surface area contributed by atoms with Crippen LogP contribution in [0.3, 0.4) is 0 Å². The summed E-state index contributed by atoms with van der Waals surface area (Å²) in [5.74, 6) is -1.69. The van der Waals surface area contributed by atoms with Gasteiger partial charge in [0.2, 0.25) is 0 Å². The van der Waals surface area contributed by atoms with E-state index in [0.29, 0.717) is 5.56 Å². The Morgan fingerprint density at radius 1 is 0.952 bits per heavy atom. The number of halogens is 2. The van der Waals surface area contributed by atoms with Gasteiger partial charge >= 0.3 is 0 Å². The third-order valence-corrected chi connectivity index (χ3v) is 4.51. The molecule has 0 aliphatic heterocycles. The van der Waals surface area contributed by atoms with Crippen molar-refractivity contribution >= 4 is 0 Å². The maximum Gasteiger partial charge on any atom is 0.159 e. The molecular weight excluding hydrogens is 268 g/mol. The van der Waals surface area contributed by atoms with Crippen LogP contribution in [0.1, 0.15) is 43.9 Å². The molecule has 21 heavy (non-hydrogen) atoms. The molecule has 2 aromatic rings. The third kappa shape index (κ3) is 2.84. The summed E-state index contributed by atoms with van der Waals surface area (Å²) in [7, 11) is 0. The second kappa shape index (κ2) is 6.35. The van der Waals surface area contributed by atoms with E-state index in [-0.39, 0.29) is 11.5 Å². The fourth-order valence-corrected chi connectivity index (χ4v) is 3.07. The summed E-state index contributed by atoms with van der Waals surface area (Å²) in [6.07, 6.45) is 1.65. The molecule has 0 saturated carbocycles. The van der Waals surface area contributed by atoms with Crippen LogP contribution in [-0.4, -0.2) is 0 Å². The maximum absolute atomic E-state index is 13.5. The maximum atomic E-state index is 13.5. The smallest absolute Gasteiger partial charge is 0.159 e. The predicted molar refractivity (Wildman–Crippen MR) is 82.0 cm³/mol. The molecular formula is C18H21F2N. The molecule has 112 valence electrons. The fourth-order valence-electron chi connectivity index (χ4n) is 3.07. The van der Waals surface area contributed by atoms with Crippen LogP contribution >= 0.6 is 0 Å². The summed E-state index contributed by atoms with van der Waals surface area (Å²) < 4.78 is 26.6. The number of hydrogen-bond acceptors (Lipinski definition) is 1. The lowest BCUT2D eigenvalue weighted by Gasteiger charge is -2.38. The highest BCUT2D eigenvalue weighted by Gasteiger charge is 2.36. The molecule has 0 aromatic heterocycles. The lowest BCUT2D eigenvalue weighted by atomic mass is 9.68. The van der Waals surface area contributed by atoms with Gasteiger partial charge in [-0.1, -0.05) is 50.2 Å². The molecule has 0 fully saturated rings. The lowest BCUT2D eigenvalue weighted by Crippen LogP contribution is -2.38. The summed E-state index contributed by atoms with van der Waals surface area (Å²) >= 11 is 0. The van der Waals surface area contributed by atoms with E-state index < -0.39 is 11.6 Å². The molecule has 0 saturated heterocycles. The second-order valence-electron chi connectivity index (χ2n) is 5.38. The average Bonchev–Trinajstić information content (AvgIpc) is 2.52. The van der Waals surface area contributed by atoms with Crippen LogP contribution in [0.15, 0.2) is 48.5 Å². The van der Waals surface area contributed by atoms with Crippen molar-refractivity contribution in [3.63, 3.8) is 0 Å². The van der Waals surface area contributed by atoms with Crippen molar-refractivity contribution in [1.82, 2.24) is 0 Å². The van der Waals surface area contributed by atoms with Crippen LogP contribution < -0.4 is 5.73 Å². The predicted octanol–water partition coefficient (Wildman–Crippen LogP) is 4.72. The monoisotopic (exact) mass is 289 g/mol. The Balaban J connectivity index is 2.49. The molecule has 0 aliphatic rings. The molecule has 1 atom stereocenters. The minimum atomic E-state index is -0.850. The summed E-state index contributed by atoms with van der Waals surface area (Å²) in [6.45, 7) is 4.16. The van der Waals surface area contributed by atoms with E-state index in [9.17, 15) is 8.78 Å². The zero-order chi connectivity index (χ0) is 15.5. The van der Waals surface area contributed by atoms with Gasteiger partial charge in [-0.2, -0.15) is 0 Å². The average molecular weight is 289 g/mol. The first kappa shape index (κ1) is 15.6. The minimum Gasteiger partial charge on any atom is -0.323 e. The zero-order valence-electron chi connectivity index (χ0n) is 12.4. The molecule has 0 aliphatic carbocycles. The Hall–Kier alpha value is -1.74. The minimum absolute atomic E-state index is 0.286. The van der Waals surface area contributed by atoms with E-state index in [1.165, 1.54) is 6.07 Å². The Morgan fingerprint density at radius 2 is 1.57 bits per heavy atom. The Kier molecular flexibility index (Phi) is 4.73. The van der Waals surface area contributed by atoms with E-state index in [4.69, 9.17) is 5.73 Å². The Morgan fingerprint density at radius 3 is 2.10 bits per heavy atom. The molecule has 0 heterocycles. The van der Waals surface area contributed by atoms with Crippen molar-refractivity contribution in [2.45, 2.75) is 38.1 Å². The van der Waals surface area contributed by atoms with Crippen molar-refractivity contribution in [3.8, 4) is 0 Å². The highest BCUT2D eigenvalue weighted by Crippen LogP contribution is 2.41. The van der Waals surface area contributed by atoms with Gasteiger partial charge in [0, 0.05) is 11.5 Å². The molecule has 0 radical (unpaired) electrons. The van der Waals surface area contributed by atoms with E-state index in [1.807, 2.05) is 30.3 Å². The van der Waals surface area contributed by atoms with Gasteiger partial charge in [-0.25, -0.2) is 8.78 Å². The fraction of sp³-hybridized carbons (Fsp3) is 0.333. The molecule has 2 N–H and O–H groups in total. The molecule has 2 aromatic carbocycles. The zero-order valence-corrected chi connectivity index (χ0v) is 12.4. The van der Waals surface area contributed by atoms with E-state index in [2.05, 4.69) is 13.8 Å². The highest BCUT2D eigenvalue weighted by atomic mass is 19.2. The quantitative estimate of drug-likeness (QED) is 0.846. The summed E-state index contributed by atoms with van der Waals surface area (Å²) in [4.78, 5) is 0. The summed E-state index contributed by atoms with van der Waals surface area (Å²) in [5, 5.41) is 0. The van der Waals surface area contributed by atoms with Gasteiger partial charge < -0.3 is 5.73 Å². The molecule has 1 nitrogen and oxygen atoms in total. The van der Waals surface area contributed by atoms with E-state index in [0.717, 1.165) is 24.5 Å². The standard InChI is InChI=1S/C18H21F2N/c1-3-18(4-2,14-8-6-5-7-9-14)17(21)13-10-11-15(19)16(20)12-13/h5-12,17H,3-4,21H2,1-2H3. The van der Waals surface area contributed by atoms with Gasteiger partial charge in [-0.15, -0.1) is 0 Å². The first-order valence-electron chi connectivity index (χ1n) is 7.31. The van der Waals surface area contributed by atoms with Crippen molar-refractivity contribution in [3.05, 3.63) is 71.3 Å². The molecule has 0 bridgehead atoms. The van der Waals surface area contributed by atoms with Gasteiger partial charge in [0.15, 0.2) is 11.6 Å². The normalized spacial score (nSPS) is 13.2. The molecule has 2 rings (SSSR count). The van der Waals surface area contributed by atoms with Gasteiger partial charge in [0.05, 0.1) is 0 Å². The number of nitrogens with two attached hydrogens (primary N) is 1. The molecule has 1 unspecified atom stereocenters. The van der Waals surface area contributed by atoms with Crippen LogP contribution in [0.25, 0.3) is 0 Å². The number of benzene rings is 2. The topological polar surface area (TPSA) is 26.0 Å². The molecule has 3 heteroatoms. The van der Waals surface area contributed by atoms with Gasteiger partial charge in [0.25, 0.3) is 0 Å². The van der Waals surface area contributed by atoms with Crippen LogP contribution in [0.4, 0.5) is 8.78 Å². The lowest BCUT2D eigenvalue weighted by molar-refractivity contribution is 0.321. The molecule has 0 spiro atoms. The van der Waals surface area contributed by atoms with Gasteiger partial charge in [-0.05, 0) is 36.1 Å². The van der Waals surface area contributed by atoms with Crippen molar-refractivity contribution in [2.75, 3.05) is 0 Å². The van der Waals surface area contributed by atoms with Crippen LogP contribution in [0, 0.1) is 11.6 Å². The summed E-state index contributed by atoms with van der Waals surface area (Å²) in [6, 6.07) is 13.6. The largest absolute Gasteiger partial charge is 0.323 e. The third-order valence-electron chi connectivity index (χ3n) is 4.51.